The van der Waals surface area contributed by atoms with Gasteiger partial charge in [0, 0.05) is 30.3 Å². The zero-order chi connectivity index (χ0) is 11.7. The highest BCUT2D eigenvalue weighted by atomic mass is 16.3. The topological polar surface area (TPSA) is 57.5 Å². The largest absolute Gasteiger partial charge is 0.512 e. The Bertz CT molecular complexity index is 562. The highest BCUT2D eigenvalue weighted by Gasteiger charge is 2.61. The van der Waals surface area contributed by atoms with E-state index in [-0.39, 0.29) is 29.3 Å². The third kappa shape index (κ3) is 0.954. The van der Waals surface area contributed by atoms with Crippen molar-refractivity contribution in [2.45, 2.75) is 6.42 Å². The van der Waals surface area contributed by atoms with E-state index < -0.39 is 0 Å². The Morgan fingerprint density at radius 1 is 1.12 bits per heavy atom. The van der Waals surface area contributed by atoms with Crippen molar-refractivity contribution in [1.29, 1.82) is 0 Å². The number of Topliss-reactive ketones (excluding diaryl/α,β-unsaturated/α-hetero) is 1. The van der Waals surface area contributed by atoms with Crippen molar-refractivity contribution >= 4 is 5.78 Å². The van der Waals surface area contributed by atoms with Gasteiger partial charge in [0.2, 0.25) is 0 Å². The van der Waals surface area contributed by atoms with Crippen molar-refractivity contribution in [2.24, 2.45) is 23.7 Å². The van der Waals surface area contributed by atoms with Gasteiger partial charge in [-0.2, -0.15) is 0 Å². The molecule has 4 aliphatic rings. The molecule has 3 nitrogen and oxygen atoms in total. The second-order valence-corrected chi connectivity index (χ2v) is 5.28. The number of fused-ring (bicyclic) bond motifs is 6. The predicted molar refractivity (Wildman–Crippen MR) is 61.2 cm³/mol. The summed E-state index contributed by atoms with van der Waals surface area (Å²) in [6, 6.07) is 0. The maximum Gasteiger partial charge on any atom is 0.137 e. The predicted octanol–water partition coefficient (Wildman–Crippen LogP) is 2.20. The third-order valence-electron chi connectivity index (χ3n) is 4.54. The zero-order valence-electron chi connectivity index (χ0n) is 9.13. The maximum atomic E-state index is 11.6. The lowest BCUT2D eigenvalue weighted by molar-refractivity contribution is -0.142. The number of hydrogen-bond donors (Lipinski definition) is 2. The minimum Gasteiger partial charge on any atom is -0.512 e. The number of aliphatic hydroxyl groups excluding tert-OH is 2. The molecule has 2 N–H and O–H groups in total. The molecule has 0 saturated heterocycles. The maximum absolute atomic E-state index is 11.6. The van der Waals surface area contributed by atoms with E-state index in [2.05, 4.69) is 6.08 Å². The fourth-order valence-electron chi connectivity index (χ4n) is 3.74. The summed E-state index contributed by atoms with van der Waals surface area (Å²) in [7, 11) is 0. The summed E-state index contributed by atoms with van der Waals surface area (Å²) in [6.45, 7) is 0. The van der Waals surface area contributed by atoms with Crippen molar-refractivity contribution in [2.75, 3.05) is 0 Å². The van der Waals surface area contributed by atoms with Gasteiger partial charge in [-0.3, -0.25) is 4.79 Å². The molecule has 0 spiro atoms. The van der Waals surface area contributed by atoms with Gasteiger partial charge in [0.25, 0.3) is 0 Å². The van der Waals surface area contributed by atoms with Crippen LogP contribution in [0.5, 0.6) is 0 Å². The molecule has 4 aliphatic carbocycles. The van der Waals surface area contributed by atoms with Gasteiger partial charge in [-0.05, 0) is 17.6 Å². The molecule has 4 unspecified atom stereocenters. The van der Waals surface area contributed by atoms with Gasteiger partial charge in [0.15, 0.2) is 0 Å². The average Bonchev–Trinajstić information content (AvgIpc) is 2.24. The first kappa shape index (κ1) is 9.28. The second kappa shape index (κ2) is 2.73. The molecule has 0 aromatic rings. The van der Waals surface area contributed by atoms with Crippen LogP contribution in [0.3, 0.4) is 0 Å². The fraction of sp³-hybridized carbons (Fsp3) is 0.357. The Morgan fingerprint density at radius 2 is 1.94 bits per heavy atom. The van der Waals surface area contributed by atoms with E-state index in [1.165, 1.54) is 11.6 Å². The Hall–Kier alpha value is -1.77. The van der Waals surface area contributed by atoms with Crippen molar-refractivity contribution in [3.63, 3.8) is 0 Å². The van der Waals surface area contributed by atoms with E-state index in [1.54, 1.807) is 6.08 Å². The van der Waals surface area contributed by atoms with E-state index >= 15 is 0 Å². The second-order valence-electron chi connectivity index (χ2n) is 5.28. The van der Waals surface area contributed by atoms with Crippen LogP contribution in [-0.2, 0) is 4.79 Å². The molecular formula is C14H12O3. The number of hydrogen-bond acceptors (Lipinski definition) is 3. The first-order valence-corrected chi connectivity index (χ1v) is 5.92. The normalized spacial score (nSPS) is 41.5. The summed E-state index contributed by atoms with van der Waals surface area (Å²) < 4.78 is 0. The van der Waals surface area contributed by atoms with E-state index in [0.29, 0.717) is 18.1 Å². The van der Waals surface area contributed by atoms with Crippen molar-refractivity contribution in [3.8, 4) is 0 Å². The van der Waals surface area contributed by atoms with Crippen LogP contribution in [0.2, 0.25) is 0 Å². The number of allylic oxidation sites excluding steroid dienone is 6. The lowest BCUT2D eigenvalue weighted by atomic mass is 9.44. The molecule has 3 heteroatoms. The number of rotatable bonds is 0. The molecule has 0 heterocycles. The Labute approximate surface area is 98.5 Å². The molecule has 0 aromatic carbocycles. The molecule has 4 rings (SSSR count). The van der Waals surface area contributed by atoms with Crippen LogP contribution in [0.1, 0.15) is 6.42 Å². The fourth-order valence-corrected chi connectivity index (χ4v) is 3.74. The molecular weight excluding hydrogens is 216 g/mol. The molecule has 0 aromatic heterocycles. The Morgan fingerprint density at radius 3 is 2.71 bits per heavy atom. The molecule has 0 aliphatic heterocycles. The minimum atomic E-state index is -0.114. The van der Waals surface area contributed by atoms with E-state index in [4.69, 9.17) is 0 Å². The number of aliphatic hydroxyl groups is 2. The summed E-state index contributed by atoms with van der Waals surface area (Å²) in [5, 5.41) is 19.5. The third-order valence-corrected chi connectivity index (χ3v) is 4.54. The zero-order valence-corrected chi connectivity index (χ0v) is 9.13. The van der Waals surface area contributed by atoms with Gasteiger partial charge in [0.1, 0.15) is 17.3 Å². The van der Waals surface area contributed by atoms with Crippen LogP contribution >= 0.6 is 0 Å². The van der Waals surface area contributed by atoms with Crippen LogP contribution in [0.15, 0.2) is 47.0 Å². The number of carbonyl (C=O) groups is 1. The molecule has 0 amide bonds. The van der Waals surface area contributed by atoms with E-state index in [9.17, 15) is 15.0 Å². The van der Waals surface area contributed by atoms with Gasteiger partial charge in [0.05, 0.1) is 0 Å². The van der Waals surface area contributed by atoms with Gasteiger partial charge in [-0.25, -0.2) is 0 Å². The van der Waals surface area contributed by atoms with Crippen LogP contribution < -0.4 is 0 Å². The lowest BCUT2D eigenvalue weighted by Gasteiger charge is -2.57. The van der Waals surface area contributed by atoms with Crippen molar-refractivity contribution < 1.29 is 15.0 Å². The molecule has 0 radical (unpaired) electrons. The smallest absolute Gasteiger partial charge is 0.137 e. The molecule has 0 bridgehead atoms. The van der Waals surface area contributed by atoms with Gasteiger partial charge in [-0.1, -0.05) is 17.7 Å². The Kier molecular flexibility index (Phi) is 1.49. The van der Waals surface area contributed by atoms with Crippen molar-refractivity contribution in [1.82, 2.24) is 0 Å². The average molecular weight is 228 g/mol. The summed E-state index contributed by atoms with van der Waals surface area (Å²) in [5.41, 5.74) is 2.22. The standard InChI is InChI=1S/C14H12O3/c15-7-3-6-1-2-8-9-5-11(17)13(9)14(8)12(6)10(16)4-7/h1-4,9,12-16H,5H2. The SMILES string of the molecule is O=C1CC2C3=CC=C4C=C(O)C=C(O)C4C3C12. The molecule has 2 fully saturated rings. The monoisotopic (exact) mass is 228 g/mol. The van der Waals surface area contributed by atoms with Crippen LogP contribution in [0.4, 0.5) is 0 Å². The molecule has 4 atom stereocenters. The van der Waals surface area contributed by atoms with Crippen LogP contribution in [0, 0.1) is 23.7 Å². The molecule has 17 heavy (non-hydrogen) atoms. The van der Waals surface area contributed by atoms with Crippen LogP contribution in [0.25, 0.3) is 0 Å². The van der Waals surface area contributed by atoms with Crippen LogP contribution in [-0.4, -0.2) is 16.0 Å². The van der Waals surface area contributed by atoms with Gasteiger partial charge in [-0.15, -0.1) is 0 Å². The number of carbonyl (C=O) groups excluding carboxylic acids is 1. The number of ketones is 1. The minimum absolute atomic E-state index is 0.0812. The quantitative estimate of drug-likeness (QED) is 0.668. The lowest BCUT2D eigenvalue weighted by Crippen LogP contribution is -2.57. The van der Waals surface area contributed by atoms with E-state index in [0.717, 1.165) is 5.57 Å². The highest BCUT2D eigenvalue weighted by Crippen LogP contribution is 2.62. The summed E-state index contributed by atoms with van der Waals surface area (Å²) in [5.74, 6) is 1.16. The Balaban J connectivity index is 1.80. The molecule has 2 saturated carbocycles. The van der Waals surface area contributed by atoms with E-state index in [1.807, 2.05) is 6.08 Å². The highest BCUT2D eigenvalue weighted by molar-refractivity contribution is 5.92. The first-order chi connectivity index (χ1) is 8.16. The van der Waals surface area contributed by atoms with Gasteiger partial charge >= 0.3 is 0 Å². The summed E-state index contributed by atoms with van der Waals surface area (Å²) >= 11 is 0. The summed E-state index contributed by atoms with van der Waals surface area (Å²) in [4.78, 5) is 11.6. The van der Waals surface area contributed by atoms with Crippen molar-refractivity contribution in [3.05, 3.63) is 47.0 Å². The van der Waals surface area contributed by atoms with Gasteiger partial charge < -0.3 is 10.2 Å². The molecule has 86 valence electrons. The summed E-state index contributed by atoms with van der Waals surface area (Å²) in [6.07, 6.45) is 7.76. The first-order valence-electron chi connectivity index (χ1n) is 5.92.